The average Bonchev–Trinajstić information content (AvgIpc) is 3.25. The SMILES string of the molecule is COc1ccccc1OCCN1C[C@@H](C(=O)Nc2nncs2)CC1=O. The van der Waals surface area contributed by atoms with Crippen molar-refractivity contribution in [1.29, 1.82) is 0 Å². The number of anilines is 1. The number of amides is 2. The maximum Gasteiger partial charge on any atom is 0.231 e. The average molecular weight is 362 g/mol. The van der Waals surface area contributed by atoms with Gasteiger partial charge >= 0.3 is 0 Å². The first-order valence-electron chi connectivity index (χ1n) is 7.78. The van der Waals surface area contributed by atoms with Crippen LogP contribution in [0.25, 0.3) is 0 Å². The molecule has 8 nitrogen and oxygen atoms in total. The Morgan fingerprint density at radius 1 is 1.40 bits per heavy atom. The van der Waals surface area contributed by atoms with E-state index in [9.17, 15) is 9.59 Å². The fraction of sp³-hybridized carbons (Fsp3) is 0.375. The molecular weight excluding hydrogens is 344 g/mol. The fourth-order valence-electron chi connectivity index (χ4n) is 2.60. The van der Waals surface area contributed by atoms with Crippen molar-refractivity contribution >= 4 is 28.3 Å². The Labute approximate surface area is 148 Å². The number of likely N-dealkylation sites (tertiary alicyclic amines) is 1. The van der Waals surface area contributed by atoms with E-state index < -0.39 is 0 Å². The van der Waals surface area contributed by atoms with Crippen molar-refractivity contribution in [3.63, 3.8) is 0 Å². The monoisotopic (exact) mass is 362 g/mol. The summed E-state index contributed by atoms with van der Waals surface area (Å²) >= 11 is 1.24. The standard InChI is InChI=1S/C16H18N4O4S/c1-23-12-4-2-3-5-13(12)24-7-6-20-9-11(8-14(20)21)15(22)18-16-19-17-10-25-16/h2-5,10-11H,6-9H2,1H3,(H,18,19,22)/t11-/m0/s1. The molecule has 25 heavy (non-hydrogen) atoms. The number of nitrogens with one attached hydrogen (secondary N) is 1. The van der Waals surface area contributed by atoms with E-state index in [1.165, 1.54) is 16.8 Å². The second-order valence-electron chi connectivity index (χ2n) is 5.47. The van der Waals surface area contributed by atoms with Gasteiger partial charge in [-0.25, -0.2) is 0 Å². The molecule has 1 fully saturated rings. The van der Waals surface area contributed by atoms with Gasteiger partial charge in [0.1, 0.15) is 12.1 Å². The van der Waals surface area contributed by atoms with Gasteiger partial charge in [-0.3, -0.25) is 9.59 Å². The van der Waals surface area contributed by atoms with Crippen LogP contribution < -0.4 is 14.8 Å². The minimum atomic E-state index is -0.386. The number of aromatic nitrogens is 2. The van der Waals surface area contributed by atoms with Gasteiger partial charge < -0.3 is 19.7 Å². The number of hydrogen-bond donors (Lipinski definition) is 1. The van der Waals surface area contributed by atoms with Crippen molar-refractivity contribution in [2.45, 2.75) is 6.42 Å². The van der Waals surface area contributed by atoms with Gasteiger partial charge in [-0.15, -0.1) is 10.2 Å². The van der Waals surface area contributed by atoms with E-state index in [1.54, 1.807) is 12.0 Å². The number of methoxy groups -OCH3 is 1. The Morgan fingerprint density at radius 3 is 2.92 bits per heavy atom. The normalized spacial score (nSPS) is 16.8. The van der Waals surface area contributed by atoms with Crippen molar-refractivity contribution in [2.24, 2.45) is 5.92 Å². The Balaban J connectivity index is 1.49. The second-order valence-corrected chi connectivity index (χ2v) is 6.31. The number of carbonyl (C=O) groups is 2. The molecular formula is C16H18N4O4S. The molecule has 2 aromatic rings. The number of benzene rings is 1. The van der Waals surface area contributed by atoms with Crippen LogP contribution in [-0.2, 0) is 9.59 Å². The lowest BCUT2D eigenvalue weighted by Gasteiger charge is -2.17. The molecule has 0 aliphatic carbocycles. The zero-order valence-corrected chi connectivity index (χ0v) is 14.5. The number of hydrogen-bond acceptors (Lipinski definition) is 7. The third kappa shape index (κ3) is 4.24. The van der Waals surface area contributed by atoms with Crippen LogP contribution in [0.5, 0.6) is 11.5 Å². The summed E-state index contributed by atoms with van der Waals surface area (Å²) < 4.78 is 10.9. The molecule has 9 heteroatoms. The van der Waals surface area contributed by atoms with E-state index in [1.807, 2.05) is 24.3 Å². The molecule has 1 saturated heterocycles. The summed E-state index contributed by atoms with van der Waals surface area (Å²) in [6.07, 6.45) is 0.194. The van der Waals surface area contributed by atoms with Gasteiger partial charge in [-0.2, -0.15) is 0 Å². The lowest BCUT2D eigenvalue weighted by atomic mass is 10.1. The molecule has 0 spiro atoms. The summed E-state index contributed by atoms with van der Waals surface area (Å²) in [4.78, 5) is 25.9. The number of carbonyl (C=O) groups excluding carboxylic acids is 2. The number of ether oxygens (including phenoxy) is 2. The van der Waals surface area contributed by atoms with Crippen molar-refractivity contribution in [1.82, 2.24) is 15.1 Å². The highest BCUT2D eigenvalue weighted by Gasteiger charge is 2.34. The van der Waals surface area contributed by atoms with E-state index in [2.05, 4.69) is 15.5 Å². The lowest BCUT2D eigenvalue weighted by Crippen LogP contribution is -2.31. The van der Waals surface area contributed by atoms with Gasteiger partial charge in [0.25, 0.3) is 0 Å². The molecule has 132 valence electrons. The number of rotatable bonds is 7. The minimum Gasteiger partial charge on any atom is -0.493 e. The zero-order chi connectivity index (χ0) is 17.6. The van der Waals surface area contributed by atoms with Crippen LogP contribution in [0, 0.1) is 5.92 Å². The highest BCUT2D eigenvalue weighted by atomic mass is 32.1. The maximum absolute atomic E-state index is 12.2. The minimum absolute atomic E-state index is 0.0546. The second kappa shape index (κ2) is 7.93. The van der Waals surface area contributed by atoms with E-state index >= 15 is 0 Å². The van der Waals surface area contributed by atoms with Crippen LogP contribution in [0.2, 0.25) is 0 Å². The fourth-order valence-corrected chi connectivity index (χ4v) is 3.05. The summed E-state index contributed by atoms with van der Waals surface area (Å²) in [6.45, 7) is 1.12. The molecule has 1 aromatic heterocycles. The first-order chi connectivity index (χ1) is 12.2. The van der Waals surface area contributed by atoms with Crippen molar-refractivity contribution in [2.75, 3.05) is 32.1 Å². The quantitative estimate of drug-likeness (QED) is 0.800. The Bertz CT molecular complexity index is 737. The van der Waals surface area contributed by atoms with E-state index in [4.69, 9.17) is 9.47 Å². The Morgan fingerprint density at radius 2 is 2.20 bits per heavy atom. The molecule has 1 aliphatic rings. The first kappa shape index (κ1) is 17.2. The zero-order valence-electron chi connectivity index (χ0n) is 13.7. The molecule has 1 atom stereocenters. The molecule has 1 aromatic carbocycles. The first-order valence-corrected chi connectivity index (χ1v) is 8.66. The van der Waals surface area contributed by atoms with Crippen molar-refractivity contribution < 1.29 is 19.1 Å². The third-order valence-electron chi connectivity index (χ3n) is 3.86. The van der Waals surface area contributed by atoms with Crippen molar-refractivity contribution in [3.8, 4) is 11.5 Å². The van der Waals surface area contributed by atoms with Gasteiger partial charge in [0, 0.05) is 13.0 Å². The molecule has 3 rings (SSSR count). The molecule has 0 unspecified atom stereocenters. The summed E-state index contributed by atoms with van der Waals surface area (Å²) in [6, 6.07) is 7.33. The van der Waals surface area contributed by atoms with Crippen LogP contribution in [0.15, 0.2) is 29.8 Å². The molecule has 0 bridgehead atoms. The van der Waals surface area contributed by atoms with Crippen LogP contribution in [-0.4, -0.2) is 53.7 Å². The van der Waals surface area contributed by atoms with Crippen LogP contribution in [0.3, 0.4) is 0 Å². The van der Waals surface area contributed by atoms with Gasteiger partial charge in [0.2, 0.25) is 16.9 Å². The Kier molecular flexibility index (Phi) is 5.44. The van der Waals surface area contributed by atoms with E-state index in [0.717, 1.165) is 0 Å². The lowest BCUT2D eigenvalue weighted by molar-refractivity contribution is -0.128. The van der Waals surface area contributed by atoms with Gasteiger partial charge in [-0.05, 0) is 12.1 Å². The number of para-hydroxylation sites is 2. The summed E-state index contributed by atoms with van der Waals surface area (Å²) in [5.41, 5.74) is 1.54. The van der Waals surface area contributed by atoms with E-state index in [-0.39, 0.29) is 24.2 Å². The van der Waals surface area contributed by atoms with Crippen LogP contribution in [0.1, 0.15) is 6.42 Å². The smallest absolute Gasteiger partial charge is 0.231 e. The largest absolute Gasteiger partial charge is 0.493 e. The summed E-state index contributed by atoms with van der Waals surface area (Å²) in [7, 11) is 1.58. The van der Waals surface area contributed by atoms with Gasteiger partial charge in [0.05, 0.1) is 19.6 Å². The summed E-state index contributed by atoms with van der Waals surface area (Å²) in [5, 5.41) is 10.6. The highest BCUT2D eigenvalue weighted by molar-refractivity contribution is 7.13. The molecule has 2 heterocycles. The van der Waals surface area contributed by atoms with Crippen molar-refractivity contribution in [3.05, 3.63) is 29.8 Å². The van der Waals surface area contributed by atoms with Gasteiger partial charge in [-0.1, -0.05) is 23.5 Å². The molecule has 0 saturated carbocycles. The van der Waals surface area contributed by atoms with Gasteiger partial charge in [0.15, 0.2) is 11.5 Å². The van der Waals surface area contributed by atoms with Crippen LogP contribution in [0.4, 0.5) is 5.13 Å². The predicted molar refractivity (Wildman–Crippen MR) is 91.7 cm³/mol. The predicted octanol–water partition coefficient (Wildman–Crippen LogP) is 1.41. The molecule has 1 aliphatic heterocycles. The maximum atomic E-state index is 12.2. The third-order valence-corrected chi connectivity index (χ3v) is 4.47. The number of nitrogens with zero attached hydrogens (tertiary/aromatic N) is 3. The van der Waals surface area contributed by atoms with E-state index in [0.29, 0.717) is 36.3 Å². The molecule has 0 radical (unpaired) electrons. The molecule has 2 amide bonds. The molecule has 1 N–H and O–H groups in total. The van der Waals surface area contributed by atoms with Crippen LogP contribution >= 0.6 is 11.3 Å². The summed E-state index contributed by atoms with van der Waals surface area (Å²) in [5.74, 6) is 0.619. The topological polar surface area (TPSA) is 93.7 Å². The highest BCUT2D eigenvalue weighted by Crippen LogP contribution is 2.26. The Hall–Kier alpha value is -2.68.